The number of rotatable bonds is 36. The van der Waals surface area contributed by atoms with Gasteiger partial charge in [-0.15, -0.1) is 0 Å². The van der Waals surface area contributed by atoms with Gasteiger partial charge in [-0.3, -0.25) is 0 Å². The van der Waals surface area contributed by atoms with Gasteiger partial charge in [0.15, 0.2) is 0 Å². The minimum atomic E-state index is 0.425. The predicted octanol–water partition coefficient (Wildman–Crippen LogP) is 18.5. The van der Waals surface area contributed by atoms with Crippen LogP contribution >= 0.6 is 0 Å². The summed E-state index contributed by atoms with van der Waals surface area (Å²) in [7, 11) is 0. The first kappa shape index (κ1) is 51.1. The fraction of sp³-hybridized carbons (Fsp3) is 0.600. The summed E-state index contributed by atoms with van der Waals surface area (Å²) < 4.78 is 0. The first-order valence-electron chi connectivity index (χ1n) is 26.4. The summed E-state index contributed by atoms with van der Waals surface area (Å²) in [4.78, 5) is 0. The fourth-order valence-electron chi connectivity index (χ4n) is 9.93. The van der Waals surface area contributed by atoms with Crippen LogP contribution < -0.4 is 11.5 Å². The van der Waals surface area contributed by atoms with Gasteiger partial charge < -0.3 is 11.5 Å². The maximum atomic E-state index is 6.14. The number of nitrogen functional groups attached to an aromatic ring is 2. The summed E-state index contributed by atoms with van der Waals surface area (Å²) in [5.74, 6) is 1.49. The van der Waals surface area contributed by atoms with Crippen molar-refractivity contribution in [2.24, 2.45) is 5.92 Å². The molecule has 0 fully saturated rings. The van der Waals surface area contributed by atoms with E-state index in [1.54, 1.807) is 0 Å². The highest BCUT2D eigenvalue weighted by Crippen LogP contribution is 2.34. The maximum absolute atomic E-state index is 6.14. The second-order valence-electron chi connectivity index (χ2n) is 19.3. The molecule has 0 aliphatic heterocycles. The van der Waals surface area contributed by atoms with Crippen LogP contribution in [0.3, 0.4) is 0 Å². The zero-order valence-corrected chi connectivity index (χ0v) is 40.3. The van der Waals surface area contributed by atoms with Gasteiger partial charge >= 0.3 is 0 Å². The molecule has 4 N–H and O–H groups in total. The molecule has 2 nitrogen and oxygen atoms in total. The number of hydrogen-bond donors (Lipinski definition) is 2. The Morgan fingerprint density at radius 2 is 0.532 bits per heavy atom. The van der Waals surface area contributed by atoms with Crippen LogP contribution in [0.5, 0.6) is 0 Å². The molecule has 0 saturated heterocycles. The summed E-state index contributed by atoms with van der Waals surface area (Å²) in [6.07, 6.45) is 40.2. The Labute approximate surface area is 382 Å². The molecule has 0 aliphatic rings. The van der Waals surface area contributed by atoms with Gasteiger partial charge in [-0.2, -0.15) is 0 Å². The third-order valence-corrected chi connectivity index (χ3v) is 13.9. The largest absolute Gasteiger partial charge is 0.399 e. The fourth-order valence-corrected chi connectivity index (χ4v) is 9.93. The van der Waals surface area contributed by atoms with Crippen molar-refractivity contribution in [1.82, 2.24) is 0 Å². The molecule has 0 spiro atoms. The molecule has 0 aliphatic carbocycles. The molecule has 0 heterocycles. The minimum Gasteiger partial charge on any atom is -0.399 e. The summed E-state index contributed by atoms with van der Waals surface area (Å²) in [5.41, 5.74) is 22.7. The van der Waals surface area contributed by atoms with Crippen molar-refractivity contribution in [1.29, 1.82) is 0 Å². The molecular formula is C60H92N2. The highest BCUT2D eigenvalue weighted by atomic mass is 14.5. The Morgan fingerprint density at radius 3 is 0.823 bits per heavy atom. The van der Waals surface area contributed by atoms with E-state index in [0.717, 1.165) is 24.2 Å². The third-order valence-electron chi connectivity index (χ3n) is 13.9. The molecule has 2 unspecified atom stereocenters. The summed E-state index contributed by atoms with van der Waals surface area (Å²) in [6, 6.07) is 37.1. The molecule has 2 atom stereocenters. The molecular weight excluding hydrogens is 749 g/mol. The predicted molar refractivity (Wildman–Crippen MR) is 275 cm³/mol. The van der Waals surface area contributed by atoms with Crippen molar-refractivity contribution < 1.29 is 0 Å². The number of hydrogen-bond acceptors (Lipinski definition) is 2. The van der Waals surface area contributed by atoms with Crippen LogP contribution in [-0.4, -0.2) is 0 Å². The number of benzene rings is 4. The lowest BCUT2D eigenvalue weighted by molar-refractivity contribution is 0.444. The van der Waals surface area contributed by atoms with Crippen LogP contribution in [0.25, 0.3) is 0 Å². The number of anilines is 2. The number of nitrogens with two attached hydrogens (primary N) is 2. The van der Waals surface area contributed by atoms with E-state index in [4.69, 9.17) is 11.5 Å². The van der Waals surface area contributed by atoms with Crippen LogP contribution in [0.1, 0.15) is 246 Å². The Kier molecular flexibility index (Phi) is 26.5. The van der Waals surface area contributed by atoms with Crippen LogP contribution in [0.4, 0.5) is 11.4 Å². The van der Waals surface area contributed by atoms with Gasteiger partial charge in [0.25, 0.3) is 0 Å². The molecule has 342 valence electrons. The van der Waals surface area contributed by atoms with E-state index in [2.05, 4.69) is 118 Å². The Balaban J connectivity index is 1.42. The van der Waals surface area contributed by atoms with Crippen molar-refractivity contribution in [2.75, 3.05) is 11.5 Å². The molecule has 0 bridgehead atoms. The second-order valence-corrected chi connectivity index (χ2v) is 19.3. The minimum absolute atomic E-state index is 0.425. The molecule has 4 aromatic carbocycles. The van der Waals surface area contributed by atoms with Crippen molar-refractivity contribution in [3.05, 3.63) is 130 Å². The monoisotopic (exact) mass is 841 g/mol. The lowest BCUT2D eigenvalue weighted by Crippen LogP contribution is -2.10. The molecule has 4 rings (SSSR count). The van der Waals surface area contributed by atoms with Gasteiger partial charge in [-0.1, -0.05) is 254 Å². The van der Waals surface area contributed by atoms with Gasteiger partial charge in [0.1, 0.15) is 0 Å². The van der Waals surface area contributed by atoms with Crippen LogP contribution in [0, 0.1) is 5.92 Å². The molecule has 4 aromatic rings. The standard InChI is InChI=1S/C60H92N2/c1-4-7-10-13-16-19-20-23-26-29-52(48-50-32-36-53(37-33-50)59(55-40-44-57(61)45-41-55)30-27-24-21-17-14-11-8-5-2)49-51-34-38-54(39-35-51)60(56-42-46-58(62)47-43-56)31-28-25-22-18-15-12-9-6-3/h32-47,52,59-60H,4-31,48-49,61-62H2,1-3H3. The van der Waals surface area contributed by atoms with Gasteiger partial charge in [0.05, 0.1) is 0 Å². The van der Waals surface area contributed by atoms with Crippen LogP contribution in [0.15, 0.2) is 97.1 Å². The van der Waals surface area contributed by atoms with E-state index in [-0.39, 0.29) is 0 Å². The lowest BCUT2D eigenvalue weighted by atomic mass is 9.83. The van der Waals surface area contributed by atoms with Crippen LogP contribution in [-0.2, 0) is 12.8 Å². The van der Waals surface area contributed by atoms with E-state index in [1.165, 1.54) is 213 Å². The first-order valence-corrected chi connectivity index (χ1v) is 26.4. The summed E-state index contributed by atoms with van der Waals surface area (Å²) in [6.45, 7) is 6.92. The quantitative estimate of drug-likeness (QED) is 0.0354. The van der Waals surface area contributed by atoms with Crippen molar-refractivity contribution >= 4 is 11.4 Å². The van der Waals surface area contributed by atoms with E-state index < -0.39 is 0 Å². The Bertz CT molecular complexity index is 1520. The molecule has 2 heteroatoms. The third kappa shape index (κ3) is 20.8. The average molecular weight is 841 g/mol. The van der Waals surface area contributed by atoms with E-state index >= 15 is 0 Å². The van der Waals surface area contributed by atoms with Crippen LogP contribution in [0.2, 0.25) is 0 Å². The van der Waals surface area contributed by atoms with Crippen molar-refractivity contribution in [3.8, 4) is 0 Å². The van der Waals surface area contributed by atoms with E-state index in [9.17, 15) is 0 Å². The highest BCUT2D eigenvalue weighted by Gasteiger charge is 2.18. The van der Waals surface area contributed by atoms with Gasteiger partial charge in [0, 0.05) is 23.2 Å². The topological polar surface area (TPSA) is 52.0 Å². The lowest BCUT2D eigenvalue weighted by Gasteiger charge is -2.21. The SMILES string of the molecule is CCCCCCCCCCCC(Cc1ccc(C(CCCCCCCCCC)c2ccc(N)cc2)cc1)Cc1ccc(C(CCCCCCCCCC)c2ccc(N)cc2)cc1. The van der Waals surface area contributed by atoms with Gasteiger partial charge in [0.2, 0.25) is 0 Å². The summed E-state index contributed by atoms with van der Waals surface area (Å²) >= 11 is 0. The molecule has 0 amide bonds. The smallest absolute Gasteiger partial charge is 0.0314 e. The number of unbranched alkanes of at least 4 members (excludes halogenated alkanes) is 22. The summed E-state index contributed by atoms with van der Waals surface area (Å²) in [5, 5.41) is 0. The van der Waals surface area contributed by atoms with Gasteiger partial charge in [-0.05, 0) is 95.7 Å². The molecule has 0 radical (unpaired) electrons. The van der Waals surface area contributed by atoms with Crippen molar-refractivity contribution in [3.63, 3.8) is 0 Å². The van der Waals surface area contributed by atoms with E-state index in [0.29, 0.717) is 17.8 Å². The van der Waals surface area contributed by atoms with E-state index in [1.807, 2.05) is 0 Å². The molecule has 0 saturated carbocycles. The average Bonchev–Trinajstić information content (AvgIpc) is 3.29. The Hall–Kier alpha value is -3.52. The first-order chi connectivity index (χ1) is 30.5. The zero-order chi connectivity index (χ0) is 43.9. The van der Waals surface area contributed by atoms with Crippen molar-refractivity contribution in [2.45, 2.75) is 225 Å². The normalized spacial score (nSPS) is 13.0. The maximum Gasteiger partial charge on any atom is 0.0314 e. The molecule has 0 aromatic heterocycles. The molecule has 62 heavy (non-hydrogen) atoms. The Morgan fingerprint density at radius 1 is 0.290 bits per heavy atom. The van der Waals surface area contributed by atoms with Gasteiger partial charge in [-0.25, -0.2) is 0 Å². The second kappa shape index (κ2) is 32.2. The highest BCUT2D eigenvalue weighted by molar-refractivity contribution is 5.44. The zero-order valence-electron chi connectivity index (χ0n) is 40.3.